The fourth-order valence-electron chi connectivity index (χ4n) is 1.60. The summed E-state index contributed by atoms with van der Waals surface area (Å²) in [6.45, 7) is 8.09. The summed E-state index contributed by atoms with van der Waals surface area (Å²) >= 11 is 0. The summed E-state index contributed by atoms with van der Waals surface area (Å²) in [6, 6.07) is 0.0364. The molecule has 0 spiro atoms. The number of carbonyl (C=O) groups excluding carboxylic acids is 2. The molecule has 1 fully saturated rings. The smallest absolute Gasteiger partial charge is 0.410 e. The molecule has 0 aromatic rings. The van der Waals surface area contributed by atoms with E-state index in [1.807, 2.05) is 27.7 Å². The van der Waals surface area contributed by atoms with Crippen LogP contribution in [0, 0.1) is 5.92 Å². The number of hydrogen-bond donors (Lipinski definition) is 1. The summed E-state index contributed by atoms with van der Waals surface area (Å²) in [6.07, 6.45) is 2.43. The molecule has 1 aliphatic carbocycles. The van der Waals surface area contributed by atoms with Crippen molar-refractivity contribution in [2.75, 3.05) is 13.6 Å². The standard InChI is InChI=1S/C14H26N2O3/c1-10(8-9-15-12(17)11-6-7-11)16(5)13(18)19-14(2,3)4/h10-11H,6-9H2,1-5H3,(H,15,17). The molecular formula is C14H26N2O3. The average molecular weight is 270 g/mol. The van der Waals surface area contributed by atoms with Crippen molar-refractivity contribution in [1.82, 2.24) is 10.2 Å². The summed E-state index contributed by atoms with van der Waals surface area (Å²) in [5.41, 5.74) is -0.481. The van der Waals surface area contributed by atoms with E-state index in [9.17, 15) is 9.59 Å². The maximum Gasteiger partial charge on any atom is 0.410 e. The van der Waals surface area contributed by atoms with Gasteiger partial charge in [0.25, 0.3) is 0 Å². The third kappa shape index (κ3) is 5.94. The van der Waals surface area contributed by atoms with E-state index in [0.29, 0.717) is 6.54 Å². The number of amides is 2. The molecule has 0 saturated heterocycles. The molecule has 1 N–H and O–H groups in total. The van der Waals surface area contributed by atoms with E-state index in [-0.39, 0.29) is 24.0 Å². The van der Waals surface area contributed by atoms with E-state index in [1.165, 1.54) is 0 Å². The summed E-state index contributed by atoms with van der Waals surface area (Å²) in [5.74, 6) is 0.381. The predicted octanol–water partition coefficient (Wildman–Crippen LogP) is 2.16. The highest BCUT2D eigenvalue weighted by atomic mass is 16.6. The van der Waals surface area contributed by atoms with E-state index in [0.717, 1.165) is 19.3 Å². The lowest BCUT2D eigenvalue weighted by Gasteiger charge is -2.28. The summed E-state index contributed by atoms with van der Waals surface area (Å²) in [5, 5.41) is 2.90. The number of ether oxygens (including phenoxy) is 1. The van der Waals surface area contributed by atoms with Gasteiger partial charge in [0, 0.05) is 25.6 Å². The van der Waals surface area contributed by atoms with Crippen molar-refractivity contribution >= 4 is 12.0 Å². The first-order chi connectivity index (χ1) is 8.70. The Kier molecular flexibility index (Phi) is 5.20. The molecule has 0 heterocycles. The zero-order chi connectivity index (χ0) is 14.6. The van der Waals surface area contributed by atoms with Crippen LogP contribution < -0.4 is 5.32 Å². The number of rotatable bonds is 5. The van der Waals surface area contributed by atoms with Crippen molar-refractivity contribution in [3.8, 4) is 0 Å². The fourth-order valence-corrected chi connectivity index (χ4v) is 1.60. The van der Waals surface area contributed by atoms with Gasteiger partial charge in [-0.1, -0.05) is 0 Å². The molecule has 1 rings (SSSR count). The molecule has 110 valence electrons. The number of carbonyl (C=O) groups is 2. The Balaban J connectivity index is 2.25. The zero-order valence-corrected chi connectivity index (χ0v) is 12.7. The minimum atomic E-state index is -0.481. The van der Waals surface area contributed by atoms with Crippen LogP contribution in [0.2, 0.25) is 0 Å². The van der Waals surface area contributed by atoms with Crippen LogP contribution in [0.3, 0.4) is 0 Å². The van der Waals surface area contributed by atoms with Gasteiger partial charge in [0.2, 0.25) is 5.91 Å². The first kappa shape index (κ1) is 15.8. The number of nitrogens with one attached hydrogen (secondary N) is 1. The predicted molar refractivity (Wildman–Crippen MR) is 73.8 cm³/mol. The van der Waals surface area contributed by atoms with Crippen molar-refractivity contribution in [1.29, 1.82) is 0 Å². The minimum Gasteiger partial charge on any atom is -0.444 e. The highest BCUT2D eigenvalue weighted by Gasteiger charge is 2.29. The second-order valence-electron chi connectivity index (χ2n) is 6.29. The van der Waals surface area contributed by atoms with Crippen LogP contribution in [0.5, 0.6) is 0 Å². The monoisotopic (exact) mass is 270 g/mol. The van der Waals surface area contributed by atoms with Crippen LogP contribution in [0.1, 0.15) is 47.0 Å². The van der Waals surface area contributed by atoms with Crippen molar-refractivity contribution < 1.29 is 14.3 Å². The van der Waals surface area contributed by atoms with Gasteiger partial charge in [-0.05, 0) is 47.0 Å². The third-order valence-corrected chi connectivity index (χ3v) is 3.15. The van der Waals surface area contributed by atoms with Gasteiger partial charge >= 0.3 is 6.09 Å². The highest BCUT2D eigenvalue weighted by molar-refractivity contribution is 5.80. The van der Waals surface area contributed by atoms with Gasteiger partial charge in [-0.2, -0.15) is 0 Å². The molecule has 0 aromatic heterocycles. The molecular weight excluding hydrogens is 244 g/mol. The first-order valence-electron chi connectivity index (χ1n) is 6.94. The summed E-state index contributed by atoms with van der Waals surface area (Å²) < 4.78 is 5.30. The lowest BCUT2D eigenvalue weighted by atomic mass is 10.2. The van der Waals surface area contributed by atoms with E-state index < -0.39 is 5.60 Å². The Morgan fingerprint density at radius 3 is 2.42 bits per heavy atom. The van der Waals surface area contributed by atoms with Gasteiger partial charge in [-0.25, -0.2) is 4.79 Å². The van der Waals surface area contributed by atoms with Gasteiger partial charge in [-0.3, -0.25) is 4.79 Å². The number of nitrogens with zero attached hydrogens (tertiary/aromatic N) is 1. The van der Waals surface area contributed by atoms with E-state index in [2.05, 4.69) is 5.32 Å². The Morgan fingerprint density at radius 1 is 1.37 bits per heavy atom. The quantitative estimate of drug-likeness (QED) is 0.833. The Labute approximate surface area is 115 Å². The normalized spacial score (nSPS) is 16.7. The largest absolute Gasteiger partial charge is 0.444 e. The van der Waals surface area contributed by atoms with E-state index in [1.54, 1.807) is 11.9 Å². The van der Waals surface area contributed by atoms with Crippen molar-refractivity contribution in [2.24, 2.45) is 5.92 Å². The molecule has 0 aromatic carbocycles. The van der Waals surface area contributed by atoms with E-state index >= 15 is 0 Å². The van der Waals surface area contributed by atoms with Crippen LogP contribution in [0.4, 0.5) is 4.79 Å². The van der Waals surface area contributed by atoms with Crippen molar-refractivity contribution in [3.05, 3.63) is 0 Å². The minimum absolute atomic E-state index is 0.0364. The number of hydrogen-bond acceptors (Lipinski definition) is 3. The van der Waals surface area contributed by atoms with Crippen LogP contribution in [-0.2, 0) is 9.53 Å². The van der Waals surface area contributed by atoms with Crippen molar-refractivity contribution in [2.45, 2.75) is 58.6 Å². The van der Waals surface area contributed by atoms with Crippen LogP contribution in [0.15, 0.2) is 0 Å². The van der Waals surface area contributed by atoms with E-state index in [4.69, 9.17) is 4.74 Å². The molecule has 1 saturated carbocycles. The van der Waals surface area contributed by atoms with Gasteiger partial charge in [-0.15, -0.1) is 0 Å². The fraction of sp³-hybridized carbons (Fsp3) is 0.857. The molecule has 1 unspecified atom stereocenters. The van der Waals surface area contributed by atoms with Gasteiger partial charge < -0.3 is 15.0 Å². The molecule has 5 nitrogen and oxygen atoms in total. The highest BCUT2D eigenvalue weighted by Crippen LogP contribution is 2.28. The lowest BCUT2D eigenvalue weighted by Crippen LogP contribution is -2.41. The summed E-state index contributed by atoms with van der Waals surface area (Å²) in [4.78, 5) is 24.9. The second-order valence-corrected chi connectivity index (χ2v) is 6.29. The molecule has 0 radical (unpaired) electrons. The summed E-state index contributed by atoms with van der Waals surface area (Å²) in [7, 11) is 1.72. The molecule has 5 heteroatoms. The Hall–Kier alpha value is -1.26. The van der Waals surface area contributed by atoms with Gasteiger partial charge in [0.15, 0.2) is 0 Å². The molecule has 0 bridgehead atoms. The van der Waals surface area contributed by atoms with Crippen LogP contribution in [-0.4, -0.2) is 42.1 Å². The molecule has 2 amide bonds. The van der Waals surface area contributed by atoms with Crippen molar-refractivity contribution in [3.63, 3.8) is 0 Å². The molecule has 1 aliphatic rings. The Morgan fingerprint density at radius 2 is 1.95 bits per heavy atom. The van der Waals surface area contributed by atoms with Gasteiger partial charge in [0.05, 0.1) is 0 Å². The third-order valence-electron chi connectivity index (χ3n) is 3.15. The zero-order valence-electron chi connectivity index (χ0n) is 12.7. The maximum atomic E-state index is 11.8. The average Bonchev–Trinajstić information content (AvgIpc) is 3.08. The second kappa shape index (κ2) is 6.26. The lowest BCUT2D eigenvalue weighted by molar-refractivity contribution is -0.122. The van der Waals surface area contributed by atoms with Crippen LogP contribution >= 0.6 is 0 Å². The SMILES string of the molecule is CC(CCNC(=O)C1CC1)N(C)C(=O)OC(C)(C)C. The molecule has 19 heavy (non-hydrogen) atoms. The molecule has 0 aliphatic heterocycles. The van der Waals surface area contributed by atoms with Gasteiger partial charge in [0.1, 0.15) is 5.60 Å². The topological polar surface area (TPSA) is 58.6 Å². The molecule has 1 atom stereocenters. The first-order valence-corrected chi connectivity index (χ1v) is 6.94. The Bertz CT molecular complexity index is 332. The maximum absolute atomic E-state index is 11.8. The van der Waals surface area contributed by atoms with Crippen LogP contribution in [0.25, 0.3) is 0 Å².